The standard InChI is InChI=1S/C84H147N6O34P/c1-56(94)87-72-78(109)75(106)66(49-91)122-81(72)118-40-22-19-30-60(97)26-14-11-16-28-62(99)35-43-115-53-84(47-64(101)32-13-9-7-5-6-8-10-18-34-71(105)90-48-65(102)46-59(90)52-121-125(112,113)114-4,54-116-44-36-63(100)29-17-12-15-27-61(98)31-20-23-41-119-82-73(88-57(2)95)79(110)76(107)67(50-92)123-82)55-117-45-37-70(104)86-39-25-38-85-69(103)33-21-24-42-120-83-74(89-58(3)96)80(111)77(108)68(51-93)124-83/h59,65-68,72-83,91-93,102,106-111H,5-55H2,1-4H3,(H,85,103)(H,86,104)(H,87,94)(H,88,95)(H,89,96)(H,112,113)/t59-,65?,66?,67?,68?,72?,73?,74?,75?,76?,77?,78?,79?,80?,81?,82?,83?,84?/m0/s1. The Hall–Kier alpha value is -5.48. The van der Waals surface area contributed by atoms with Gasteiger partial charge in [0.05, 0.1) is 78.2 Å². The van der Waals surface area contributed by atoms with E-state index in [9.17, 15) is 113 Å². The van der Waals surface area contributed by atoms with Gasteiger partial charge in [-0.25, -0.2) is 4.57 Å². The fourth-order valence-electron chi connectivity index (χ4n) is 15.1. The predicted octanol–water partition coefficient (Wildman–Crippen LogP) is 0.970. The van der Waals surface area contributed by atoms with Crippen LogP contribution in [0.3, 0.4) is 0 Å². The molecule has 0 aromatic heterocycles. The Balaban J connectivity index is 1.31. The minimum atomic E-state index is -4.27. The van der Waals surface area contributed by atoms with Crippen LogP contribution >= 0.6 is 7.82 Å². The van der Waals surface area contributed by atoms with Crippen LogP contribution in [-0.2, 0) is 109 Å². The van der Waals surface area contributed by atoms with Crippen molar-refractivity contribution in [3.63, 3.8) is 0 Å². The monoisotopic (exact) mass is 1810 g/mol. The molecule has 6 amide bonds. The lowest BCUT2D eigenvalue weighted by molar-refractivity contribution is -0.270. The third-order valence-electron chi connectivity index (χ3n) is 22.2. The van der Waals surface area contributed by atoms with Gasteiger partial charge in [0.25, 0.3) is 0 Å². The van der Waals surface area contributed by atoms with Gasteiger partial charge in [-0.2, -0.15) is 0 Å². The summed E-state index contributed by atoms with van der Waals surface area (Å²) < 4.78 is 74.0. The SMILES string of the molecule is COP(=O)(O)OC[C@@H]1CC(O)CN1C(=O)CCCCCCCCCCC(=O)CC(COCCC(=O)CCCCCC(=O)CCCCOC1OC(CO)C(O)C(O)C1NC(C)=O)(COCCC(=O)CCCCCC(=O)CCCCOC1OC(CO)C(O)C(O)C1NC(C)=O)COCCC(=O)NCCCNC(=O)CCCCOC1OC(CO)C(O)C(O)C1NC(C)=O. The van der Waals surface area contributed by atoms with E-state index in [1.807, 2.05) is 0 Å². The van der Waals surface area contributed by atoms with Crippen LogP contribution in [0.1, 0.15) is 245 Å². The number of aliphatic hydroxyl groups is 10. The third-order valence-corrected chi connectivity index (χ3v) is 23.1. The largest absolute Gasteiger partial charge is 0.471 e. The number of carbonyl (C=O) groups is 11. The number of rotatable bonds is 72. The molecule has 4 rings (SSSR count). The van der Waals surface area contributed by atoms with Crippen LogP contribution in [0.15, 0.2) is 0 Å². The van der Waals surface area contributed by atoms with Gasteiger partial charge < -0.3 is 130 Å². The number of nitrogens with one attached hydrogen (secondary N) is 5. The first-order valence-electron chi connectivity index (χ1n) is 44.7. The number of aliphatic hydroxyl groups excluding tert-OH is 10. The zero-order valence-corrected chi connectivity index (χ0v) is 74.5. The fourth-order valence-corrected chi connectivity index (χ4v) is 15.6. The molecular formula is C84H147N6O34P. The number of β-amino-alcohol motifs (C(OH)–C–C–N with tert-alkyl or cyclic N) is 1. The Labute approximate surface area is 733 Å². The van der Waals surface area contributed by atoms with E-state index < -0.39 is 155 Å². The highest BCUT2D eigenvalue weighted by molar-refractivity contribution is 7.47. The molecule has 0 bridgehead atoms. The number of ether oxygens (including phenoxy) is 9. The molecule has 0 saturated carbocycles. The average Bonchev–Trinajstić information content (AvgIpc) is 1.57. The van der Waals surface area contributed by atoms with Crippen molar-refractivity contribution in [2.45, 2.75) is 350 Å². The number of amides is 6. The van der Waals surface area contributed by atoms with Gasteiger partial charge in [0.2, 0.25) is 35.4 Å². The number of Topliss-reactive ketones (excluding diaryl/α,β-unsaturated/α-hetero) is 5. The normalized spacial score (nSPS) is 25.4. The molecule has 4 saturated heterocycles. The maximum Gasteiger partial charge on any atom is 0.471 e. The quantitative estimate of drug-likeness (QED) is 0.0298. The van der Waals surface area contributed by atoms with E-state index >= 15 is 0 Å². The summed E-state index contributed by atoms with van der Waals surface area (Å²) in [5.41, 5.74) is -1.15. The van der Waals surface area contributed by atoms with Crippen molar-refractivity contribution in [3.05, 3.63) is 0 Å². The van der Waals surface area contributed by atoms with Crippen LogP contribution in [0, 0.1) is 5.41 Å². The number of nitrogens with zero attached hydrogens (tertiary/aromatic N) is 1. The lowest BCUT2D eigenvalue weighted by Crippen LogP contribution is -2.64. The Morgan fingerprint density at radius 2 is 0.720 bits per heavy atom. The van der Waals surface area contributed by atoms with Gasteiger partial charge in [0.1, 0.15) is 102 Å². The van der Waals surface area contributed by atoms with E-state index in [0.717, 1.165) is 45.6 Å². The summed E-state index contributed by atoms with van der Waals surface area (Å²) in [6.45, 7) is 2.09. The first-order valence-corrected chi connectivity index (χ1v) is 46.2. The molecule has 4 aliphatic heterocycles. The van der Waals surface area contributed by atoms with Crippen LogP contribution in [0.4, 0.5) is 0 Å². The number of unbranched alkanes of at least 4 members (excludes halogenated alkanes) is 14. The minimum Gasteiger partial charge on any atom is -0.394 e. The molecule has 4 fully saturated rings. The number of phosphoric ester groups is 1. The van der Waals surface area contributed by atoms with Crippen molar-refractivity contribution in [1.29, 1.82) is 0 Å². The molecule has 17 unspecified atom stereocenters. The summed E-state index contributed by atoms with van der Waals surface area (Å²) in [5, 5.41) is 115. The Bertz CT molecular complexity index is 2960. The van der Waals surface area contributed by atoms with Gasteiger partial charge in [0.15, 0.2) is 18.9 Å². The van der Waals surface area contributed by atoms with Crippen molar-refractivity contribution in [1.82, 2.24) is 31.5 Å². The number of carbonyl (C=O) groups excluding carboxylic acids is 11. The van der Waals surface area contributed by atoms with E-state index in [0.29, 0.717) is 109 Å². The summed E-state index contributed by atoms with van der Waals surface area (Å²) in [4.78, 5) is 152. The van der Waals surface area contributed by atoms with Crippen molar-refractivity contribution in [2.75, 3.05) is 113 Å². The smallest absolute Gasteiger partial charge is 0.394 e. The Morgan fingerprint density at radius 3 is 1.09 bits per heavy atom. The van der Waals surface area contributed by atoms with Crippen molar-refractivity contribution >= 4 is 72.2 Å². The molecule has 0 radical (unpaired) electrons. The molecule has 4 aliphatic rings. The van der Waals surface area contributed by atoms with E-state index in [1.54, 1.807) is 0 Å². The van der Waals surface area contributed by atoms with Gasteiger partial charge in [-0.15, -0.1) is 0 Å². The topological polar surface area (TPSA) is 592 Å². The van der Waals surface area contributed by atoms with Crippen LogP contribution in [0.2, 0.25) is 0 Å². The predicted molar refractivity (Wildman–Crippen MR) is 446 cm³/mol. The Morgan fingerprint density at radius 1 is 0.400 bits per heavy atom. The van der Waals surface area contributed by atoms with Crippen LogP contribution in [-0.4, -0.2) is 342 Å². The highest BCUT2D eigenvalue weighted by Gasteiger charge is 2.49. The molecule has 0 aromatic carbocycles. The second kappa shape index (κ2) is 63.5. The average molecular weight is 1820 g/mol. The van der Waals surface area contributed by atoms with Crippen molar-refractivity contribution < 1.29 is 165 Å². The maximum atomic E-state index is 14.2. The molecule has 0 aromatic rings. The zero-order chi connectivity index (χ0) is 92.1. The van der Waals surface area contributed by atoms with Gasteiger partial charge in [-0.05, 0) is 89.9 Å². The van der Waals surface area contributed by atoms with E-state index in [4.69, 9.17) is 47.2 Å². The number of ketones is 5. The van der Waals surface area contributed by atoms with E-state index in [2.05, 4.69) is 31.1 Å². The fraction of sp³-hybridized carbons (Fsp3) is 0.869. The van der Waals surface area contributed by atoms with Crippen molar-refractivity contribution in [3.8, 4) is 0 Å². The summed E-state index contributed by atoms with van der Waals surface area (Å²) in [6.07, 6.45) is -1.50. The number of hydrogen-bond donors (Lipinski definition) is 16. The lowest BCUT2D eigenvalue weighted by atomic mass is 9.83. The lowest BCUT2D eigenvalue weighted by Gasteiger charge is -2.42. The summed E-state index contributed by atoms with van der Waals surface area (Å²) in [6, 6.07) is -3.83. The molecule has 4 heterocycles. The van der Waals surface area contributed by atoms with Gasteiger partial charge >= 0.3 is 7.82 Å². The van der Waals surface area contributed by atoms with E-state index in [1.165, 1.54) is 25.7 Å². The molecule has 18 atom stereocenters. The molecule has 0 spiro atoms. The highest BCUT2D eigenvalue weighted by atomic mass is 31.2. The second-order valence-corrected chi connectivity index (χ2v) is 34.7. The van der Waals surface area contributed by atoms with Crippen LogP contribution in [0.5, 0.6) is 0 Å². The molecule has 16 N–H and O–H groups in total. The molecule has 0 aliphatic carbocycles. The Kier molecular flexibility index (Phi) is 56.8. The minimum absolute atomic E-state index is 0.0178. The molecular weight excluding hydrogens is 1670 g/mol. The van der Waals surface area contributed by atoms with Gasteiger partial charge in [-0.3, -0.25) is 61.8 Å². The second-order valence-electron chi connectivity index (χ2n) is 33.1. The van der Waals surface area contributed by atoms with Crippen LogP contribution in [0.25, 0.3) is 0 Å². The molecule has 41 heteroatoms. The first-order chi connectivity index (χ1) is 59.8. The third kappa shape index (κ3) is 45.8. The number of hydrogen-bond acceptors (Lipinski definition) is 33. The summed E-state index contributed by atoms with van der Waals surface area (Å²) >= 11 is 0. The summed E-state index contributed by atoms with van der Waals surface area (Å²) in [5.74, 6) is -2.48. The van der Waals surface area contributed by atoms with Gasteiger partial charge in [-0.1, -0.05) is 51.4 Å². The van der Waals surface area contributed by atoms with Crippen molar-refractivity contribution in [2.24, 2.45) is 5.41 Å². The maximum absolute atomic E-state index is 14.2. The molecule has 125 heavy (non-hydrogen) atoms. The number of likely N-dealkylation sites (tertiary alicyclic amines) is 1. The molecule has 40 nitrogen and oxygen atoms in total. The van der Waals surface area contributed by atoms with Gasteiger partial charge in [0, 0.05) is 156 Å². The highest BCUT2D eigenvalue weighted by Crippen LogP contribution is 2.43. The first kappa shape index (κ1) is 112. The molecule has 722 valence electrons. The van der Waals surface area contributed by atoms with E-state index in [-0.39, 0.29) is 209 Å². The summed E-state index contributed by atoms with van der Waals surface area (Å²) in [7, 11) is -3.23. The zero-order valence-electron chi connectivity index (χ0n) is 73.6. The number of phosphoric acid groups is 1. The van der Waals surface area contributed by atoms with Crippen LogP contribution < -0.4 is 26.6 Å².